The lowest BCUT2D eigenvalue weighted by Crippen LogP contribution is -2.45. The minimum atomic E-state index is -4.67. The van der Waals surface area contributed by atoms with Gasteiger partial charge in [-0.05, 0) is 94.3 Å². The highest BCUT2D eigenvalue weighted by atomic mass is 19.4. The maximum Gasteiger partial charge on any atom is 0.433 e. The van der Waals surface area contributed by atoms with Gasteiger partial charge in [0.1, 0.15) is 17.4 Å². The van der Waals surface area contributed by atoms with E-state index in [0.717, 1.165) is 92.0 Å². The molecule has 2 N–H and O–H groups in total. The number of pyridine rings is 1. The fourth-order valence-electron chi connectivity index (χ4n) is 9.94. The van der Waals surface area contributed by atoms with Crippen LogP contribution >= 0.6 is 0 Å². The number of nitrogens with one attached hydrogen (secondary N) is 2. The number of morpholine rings is 1. The number of imidazole rings is 1. The van der Waals surface area contributed by atoms with E-state index in [1.807, 2.05) is 41.2 Å². The number of nitrogens with zero attached hydrogens (tertiary/aromatic N) is 8. The van der Waals surface area contributed by atoms with Crippen molar-refractivity contribution in [1.82, 2.24) is 34.1 Å². The lowest BCUT2D eigenvalue weighted by molar-refractivity contribution is -0.141. The number of hydrogen-bond donors (Lipinski definition) is 2. The van der Waals surface area contributed by atoms with Crippen molar-refractivity contribution in [2.75, 3.05) is 68.1 Å². The summed E-state index contributed by atoms with van der Waals surface area (Å²) in [5, 5.41) is 11.1. The number of carbonyl (C=O) groups is 3. The second-order valence-electron chi connectivity index (χ2n) is 17.2. The fourth-order valence-corrected chi connectivity index (χ4v) is 9.94. The molecule has 18 heteroatoms. The van der Waals surface area contributed by atoms with Crippen molar-refractivity contribution in [3.63, 3.8) is 0 Å². The third-order valence-electron chi connectivity index (χ3n) is 13.3. The van der Waals surface area contributed by atoms with E-state index < -0.39 is 29.7 Å². The highest BCUT2D eigenvalue weighted by Crippen LogP contribution is 2.38. The number of benzene rings is 2. The van der Waals surface area contributed by atoms with E-state index in [2.05, 4.69) is 37.4 Å². The number of alkyl halides is 3. The number of para-hydroxylation sites is 1. The zero-order valence-corrected chi connectivity index (χ0v) is 34.9. The number of fused-ring (bicyclic) bond motifs is 2. The molecule has 1 saturated carbocycles. The first kappa shape index (κ1) is 41.6. The van der Waals surface area contributed by atoms with Gasteiger partial charge in [-0.3, -0.25) is 33.5 Å². The number of imide groups is 1. The van der Waals surface area contributed by atoms with Crippen molar-refractivity contribution < 1.29 is 32.3 Å². The van der Waals surface area contributed by atoms with Crippen LogP contribution in [-0.4, -0.2) is 106 Å². The molecule has 6 heterocycles. The molecule has 4 aliphatic rings. The summed E-state index contributed by atoms with van der Waals surface area (Å²) in [6.45, 7) is 4.89. The van der Waals surface area contributed by atoms with Crippen LogP contribution in [0.4, 0.5) is 30.2 Å². The van der Waals surface area contributed by atoms with Crippen LogP contribution < -0.4 is 26.1 Å². The number of carbonyl (C=O) groups excluding carboxylic acids is 3. The van der Waals surface area contributed by atoms with Gasteiger partial charge in [0.05, 0.1) is 52.9 Å². The monoisotopic (exact) mass is 856 g/mol. The Bertz CT molecular complexity index is 2560. The van der Waals surface area contributed by atoms with Crippen LogP contribution in [0.3, 0.4) is 0 Å². The molecule has 3 aromatic heterocycles. The first-order valence-corrected chi connectivity index (χ1v) is 21.5. The molecule has 4 fully saturated rings. The minimum absolute atomic E-state index is 0.198. The van der Waals surface area contributed by atoms with Crippen LogP contribution in [-0.2, 0) is 27.5 Å². The van der Waals surface area contributed by atoms with Crippen molar-refractivity contribution in [2.45, 2.75) is 75.7 Å². The van der Waals surface area contributed by atoms with Gasteiger partial charge in [-0.1, -0.05) is 12.1 Å². The van der Waals surface area contributed by atoms with Gasteiger partial charge >= 0.3 is 11.9 Å². The van der Waals surface area contributed by atoms with Crippen molar-refractivity contribution in [1.29, 1.82) is 0 Å². The van der Waals surface area contributed by atoms with Gasteiger partial charge in [0, 0.05) is 63.8 Å². The molecule has 3 amide bonds. The van der Waals surface area contributed by atoms with Crippen LogP contribution in [0.1, 0.15) is 79.6 Å². The van der Waals surface area contributed by atoms with Crippen LogP contribution in [0.2, 0.25) is 0 Å². The molecule has 2 aromatic carbocycles. The molecular formula is C44H51F3N10O5. The predicted octanol–water partition coefficient (Wildman–Crippen LogP) is 5.50. The van der Waals surface area contributed by atoms with E-state index in [1.165, 1.54) is 12.1 Å². The fraction of sp³-hybridized carbons (Fsp3) is 0.500. The topological polar surface area (TPSA) is 152 Å². The molecule has 5 aromatic rings. The van der Waals surface area contributed by atoms with E-state index >= 15 is 0 Å². The summed E-state index contributed by atoms with van der Waals surface area (Å²) in [5.41, 5.74) is 2.75. The first-order valence-electron chi connectivity index (χ1n) is 21.5. The Hall–Kier alpha value is -5.75. The number of piperidine rings is 2. The van der Waals surface area contributed by atoms with E-state index in [1.54, 1.807) is 16.2 Å². The largest absolute Gasteiger partial charge is 0.433 e. The zero-order chi connectivity index (χ0) is 43.3. The zero-order valence-electron chi connectivity index (χ0n) is 34.9. The molecule has 62 heavy (non-hydrogen) atoms. The summed E-state index contributed by atoms with van der Waals surface area (Å²) in [6.07, 6.45) is 3.88. The van der Waals surface area contributed by atoms with Crippen LogP contribution in [0, 0.1) is 5.92 Å². The molecule has 0 radical (unpaired) electrons. The highest BCUT2D eigenvalue weighted by molar-refractivity contribution is 6.06. The number of aryl methyl sites for hydroxylation is 1. The van der Waals surface area contributed by atoms with Gasteiger partial charge in [0.15, 0.2) is 0 Å². The normalized spacial score (nSPS) is 21.9. The Labute approximate surface area is 355 Å². The summed E-state index contributed by atoms with van der Waals surface area (Å²) in [7, 11) is 3.97. The van der Waals surface area contributed by atoms with Crippen molar-refractivity contribution in [2.24, 2.45) is 13.0 Å². The van der Waals surface area contributed by atoms with Crippen molar-refractivity contribution in [3.8, 4) is 0 Å². The molecule has 0 bridgehead atoms. The number of halogens is 3. The molecule has 9 rings (SSSR count). The van der Waals surface area contributed by atoms with Gasteiger partial charge in [-0.15, -0.1) is 0 Å². The number of amides is 3. The van der Waals surface area contributed by atoms with E-state index in [-0.39, 0.29) is 29.8 Å². The van der Waals surface area contributed by atoms with Gasteiger partial charge in [0.2, 0.25) is 11.8 Å². The summed E-state index contributed by atoms with van der Waals surface area (Å²) in [6, 6.07) is 12.9. The average Bonchev–Trinajstić information content (AvgIpc) is 3.80. The molecule has 328 valence electrons. The van der Waals surface area contributed by atoms with Crippen LogP contribution in [0.25, 0.3) is 21.9 Å². The lowest BCUT2D eigenvalue weighted by atomic mass is 9.85. The van der Waals surface area contributed by atoms with Crippen molar-refractivity contribution in [3.05, 3.63) is 76.6 Å². The third-order valence-corrected chi connectivity index (χ3v) is 13.3. The second-order valence-corrected chi connectivity index (χ2v) is 17.2. The number of aromatic nitrogens is 5. The molecule has 3 saturated heterocycles. The number of anilines is 3. The summed E-state index contributed by atoms with van der Waals surface area (Å²) in [4.78, 5) is 61.9. The molecule has 1 atom stereocenters. The number of ether oxygens (including phenoxy) is 1. The third kappa shape index (κ3) is 8.17. The maximum atomic E-state index is 13.5. The molecule has 0 spiro atoms. The molecular weight excluding hydrogens is 806 g/mol. The van der Waals surface area contributed by atoms with Crippen LogP contribution in [0.5, 0.6) is 0 Å². The summed E-state index contributed by atoms with van der Waals surface area (Å²) < 4.78 is 50.9. The molecule has 1 unspecified atom stereocenters. The molecule has 3 aliphatic heterocycles. The van der Waals surface area contributed by atoms with Gasteiger partial charge < -0.3 is 24.8 Å². The second kappa shape index (κ2) is 16.8. The Kier molecular flexibility index (Phi) is 11.3. The van der Waals surface area contributed by atoms with Gasteiger partial charge in [-0.25, -0.2) is 9.78 Å². The average molecular weight is 857 g/mol. The lowest BCUT2D eigenvalue weighted by Gasteiger charge is -2.40. The van der Waals surface area contributed by atoms with Gasteiger partial charge in [0.25, 0.3) is 5.91 Å². The van der Waals surface area contributed by atoms with Crippen LogP contribution in [0.15, 0.2) is 59.5 Å². The molecule has 15 nitrogen and oxygen atoms in total. The Balaban J connectivity index is 0.828. The minimum Gasteiger partial charge on any atom is -0.378 e. The maximum absolute atomic E-state index is 13.5. The first-order chi connectivity index (χ1) is 29.8. The van der Waals surface area contributed by atoms with Gasteiger partial charge in [-0.2, -0.15) is 18.3 Å². The number of hydrogen-bond acceptors (Lipinski definition) is 10. The highest BCUT2D eigenvalue weighted by Gasteiger charge is 2.35. The smallest absolute Gasteiger partial charge is 0.378 e. The summed E-state index contributed by atoms with van der Waals surface area (Å²) in [5.74, 6) is -0.927. The molecule has 1 aliphatic carbocycles. The quantitative estimate of drug-likeness (QED) is 0.182. The standard InChI is InChI=1S/C44H51F3N10O5/c1-52(29-15-17-54(18-16-29)34-6-4-7-35-40(34)53(2)43(61)57(35)36-13-14-39(58)50-42(36)60)25-27-9-11-30(12-10-27)56-26-28-23-33(37(24-32(28)51-56)55-19-21-62-22-20-55)49-41(59)31-5-3-8-38(48-31)44(45,46)47/h3-8,23-24,26-27,29-30,36H,9-22,25H2,1-2H3,(H,49,59)(H,50,58,60)/t27-,30-,36?. The summed E-state index contributed by atoms with van der Waals surface area (Å²) >= 11 is 0. The Morgan fingerprint density at radius 1 is 0.919 bits per heavy atom. The SMILES string of the molecule is CN(C[C@H]1CC[C@H](n2cc3cc(NC(=O)c4cccc(C(F)(F)F)n4)c(N4CCOCC4)cc3n2)CC1)C1CCN(c2cccc3c2n(C)c(=O)n3C2CCC(=O)NC2=O)CC1. The van der Waals surface area contributed by atoms with E-state index in [4.69, 9.17) is 9.84 Å². The Morgan fingerprint density at radius 3 is 2.37 bits per heavy atom. The predicted molar refractivity (Wildman–Crippen MR) is 227 cm³/mol. The van der Waals surface area contributed by atoms with E-state index in [0.29, 0.717) is 55.9 Å². The Morgan fingerprint density at radius 2 is 1.65 bits per heavy atom. The van der Waals surface area contributed by atoms with E-state index in [9.17, 15) is 32.3 Å². The van der Waals surface area contributed by atoms with Crippen molar-refractivity contribution >= 4 is 56.7 Å². The number of rotatable bonds is 9.